The number of H-pyrrole nitrogens is 1. The average Bonchev–Trinajstić information content (AvgIpc) is 2.50. The van der Waals surface area contributed by atoms with Crippen LogP contribution in [0.3, 0.4) is 0 Å². The zero-order valence-electron chi connectivity index (χ0n) is 11.4. The Morgan fingerprint density at radius 2 is 1.86 bits per heavy atom. The van der Waals surface area contributed by atoms with E-state index < -0.39 is 5.56 Å². The van der Waals surface area contributed by atoms with Gasteiger partial charge >= 0.3 is 5.56 Å². The number of fused-ring (bicyclic) bond motifs is 1. The molecule has 1 aromatic heterocycles. The van der Waals surface area contributed by atoms with Crippen molar-refractivity contribution < 1.29 is 9.47 Å². The fraction of sp³-hybridized carbons (Fsp3) is 0.0667. The SMILES string of the molecule is COc1ccccc1-c1c(=O)[nH]c2cc(Cl)c(Cl)cc2[n+]1[O-]. The number of aromatic amines is 1. The predicted molar refractivity (Wildman–Crippen MR) is 85.5 cm³/mol. The second kappa shape index (κ2) is 5.51. The number of methoxy groups -OCH3 is 1. The van der Waals surface area contributed by atoms with Crippen molar-refractivity contribution in [2.45, 2.75) is 0 Å². The third kappa shape index (κ3) is 2.28. The number of nitrogens with zero attached hydrogens (tertiary/aromatic N) is 1. The Morgan fingerprint density at radius 3 is 2.59 bits per heavy atom. The van der Waals surface area contributed by atoms with E-state index in [2.05, 4.69) is 4.98 Å². The van der Waals surface area contributed by atoms with E-state index in [0.29, 0.717) is 21.6 Å². The van der Waals surface area contributed by atoms with Crippen LogP contribution in [0.1, 0.15) is 0 Å². The summed E-state index contributed by atoms with van der Waals surface area (Å²) in [5.41, 5.74) is 0.325. The summed E-state index contributed by atoms with van der Waals surface area (Å²) in [6, 6.07) is 9.65. The van der Waals surface area contributed by atoms with Crippen LogP contribution in [-0.4, -0.2) is 12.1 Å². The number of para-hydroxylation sites is 1. The van der Waals surface area contributed by atoms with Gasteiger partial charge in [-0.15, -0.1) is 0 Å². The number of hydrogen-bond acceptors (Lipinski definition) is 3. The van der Waals surface area contributed by atoms with Crippen LogP contribution >= 0.6 is 23.2 Å². The van der Waals surface area contributed by atoms with E-state index in [1.807, 2.05) is 0 Å². The molecule has 0 amide bonds. The standard InChI is InChI=1S/C15H10Cl2N2O3/c1-22-13-5-3-2-4-8(13)14-15(20)18-11-6-9(16)10(17)7-12(11)19(14)21/h2-7H,1H3,(H,18,20). The Balaban J connectivity index is 2.40. The predicted octanol–water partition coefficient (Wildman–Crippen LogP) is 3.14. The summed E-state index contributed by atoms with van der Waals surface area (Å²) in [5.74, 6) is 0.428. The third-order valence-electron chi connectivity index (χ3n) is 3.29. The molecule has 0 atom stereocenters. The highest BCUT2D eigenvalue weighted by Crippen LogP contribution is 2.28. The van der Waals surface area contributed by atoms with Crippen molar-refractivity contribution >= 4 is 34.2 Å². The Bertz CT molecular complexity index is 938. The van der Waals surface area contributed by atoms with Crippen molar-refractivity contribution in [2.75, 3.05) is 7.11 Å². The first-order chi connectivity index (χ1) is 10.5. The first-order valence-electron chi connectivity index (χ1n) is 6.31. The highest BCUT2D eigenvalue weighted by molar-refractivity contribution is 6.42. The van der Waals surface area contributed by atoms with Gasteiger partial charge in [0.05, 0.1) is 22.7 Å². The molecule has 0 aliphatic rings. The zero-order valence-corrected chi connectivity index (χ0v) is 12.9. The smallest absolute Gasteiger partial charge is 0.322 e. The molecule has 0 aliphatic heterocycles. The topological polar surface area (TPSA) is 69.0 Å². The van der Waals surface area contributed by atoms with E-state index in [1.54, 1.807) is 24.3 Å². The fourth-order valence-corrected chi connectivity index (χ4v) is 2.59. The summed E-state index contributed by atoms with van der Waals surface area (Å²) >= 11 is 11.9. The third-order valence-corrected chi connectivity index (χ3v) is 4.01. The number of nitrogens with one attached hydrogen (secondary N) is 1. The molecular formula is C15H10Cl2N2O3. The van der Waals surface area contributed by atoms with Gasteiger partial charge in [-0.1, -0.05) is 35.3 Å². The van der Waals surface area contributed by atoms with Gasteiger partial charge in [0.2, 0.25) is 5.52 Å². The number of ether oxygens (including phenoxy) is 1. The first kappa shape index (κ1) is 14.7. The van der Waals surface area contributed by atoms with Gasteiger partial charge in [0.25, 0.3) is 5.69 Å². The van der Waals surface area contributed by atoms with Crippen molar-refractivity contribution in [1.82, 2.24) is 4.98 Å². The second-order valence-electron chi connectivity index (χ2n) is 4.58. The molecule has 0 saturated heterocycles. The second-order valence-corrected chi connectivity index (χ2v) is 5.40. The summed E-state index contributed by atoms with van der Waals surface area (Å²) in [6.07, 6.45) is 0. The van der Waals surface area contributed by atoms with Crippen molar-refractivity contribution in [3.05, 3.63) is 62.0 Å². The molecule has 0 unspecified atom stereocenters. The molecular weight excluding hydrogens is 327 g/mol. The molecule has 1 heterocycles. The number of halogens is 2. The van der Waals surface area contributed by atoms with Gasteiger partial charge in [0.1, 0.15) is 11.3 Å². The van der Waals surface area contributed by atoms with Crippen LogP contribution in [0.15, 0.2) is 41.2 Å². The normalized spacial score (nSPS) is 10.9. The van der Waals surface area contributed by atoms with Crippen LogP contribution in [0.25, 0.3) is 22.3 Å². The monoisotopic (exact) mass is 336 g/mol. The average molecular weight is 337 g/mol. The molecule has 1 N–H and O–H groups in total. The minimum absolute atomic E-state index is 0.0664. The summed E-state index contributed by atoms with van der Waals surface area (Å²) in [6.45, 7) is 0. The van der Waals surface area contributed by atoms with Crippen LogP contribution in [0, 0.1) is 5.21 Å². The summed E-state index contributed by atoms with van der Waals surface area (Å²) in [4.78, 5) is 15.0. The van der Waals surface area contributed by atoms with Gasteiger partial charge in [-0.3, -0.25) is 4.79 Å². The molecule has 5 nitrogen and oxygen atoms in total. The van der Waals surface area contributed by atoms with Gasteiger partial charge in [-0.25, -0.2) is 0 Å². The fourth-order valence-electron chi connectivity index (χ4n) is 2.27. The Morgan fingerprint density at radius 1 is 1.18 bits per heavy atom. The van der Waals surface area contributed by atoms with Crippen LogP contribution in [-0.2, 0) is 0 Å². The lowest BCUT2D eigenvalue weighted by Crippen LogP contribution is -2.37. The molecule has 112 valence electrons. The molecule has 0 radical (unpaired) electrons. The molecule has 7 heteroatoms. The molecule has 3 rings (SSSR count). The van der Waals surface area contributed by atoms with Crippen LogP contribution in [0.4, 0.5) is 0 Å². The Kier molecular flexibility index (Phi) is 3.68. The molecule has 0 spiro atoms. The molecule has 2 aromatic carbocycles. The van der Waals surface area contributed by atoms with E-state index in [1.165, 1.54) is 19.2 Å². The summed E-state index contributed by atoms with van der Waals surface area (Å²) in [5, 5.41) is 13.1. The van der Waals surface area contributed by atoms with Crippen LogP contribution in [0.2, 0.25) is 10.0 Å². The summed E-state index contributed by atoms with van der Waals surface area (Å²) < 4.78 is 5.75. The first-order valence-corrected chi connectivity index (χ1v) is 7.06. The number of rotatable bonds is 2. The van der Waals surface area contributed by atoms with Gasteiger partial charge in [0.15, 0.2) is 0 Å². The molecule has 0 saturated carbocycles. The highest BCUT2D eigenvalue weighted by atomic mass is 35.5. The maximum atomic E-state index is 12.6. The maximum absolute atomic E-state index is 12.6. The van der Waals surface area contributed by atoms with E-state index in [0.717, 1.165) is 0 Å². The molecule has 3 aromatic rings. The molecule has 0 bridgehead atoms. The van der Waals surface area contributed by atoms with Crippen molar-refractivity contribution in [3.63, 3.8) is 0 Å². The zero-order chi connectivity index (χ0) is 15.9. The lowest BCUT2D eigenvalue weighted by Gasteiger charge is -2.10. The molecule has 0 aliphatic carbocycles. The lowest BCUT2D eigenvalue weighted by molar-refractivity contribution is -0.566. The van der Waals surface area contributed by atoms with Crippen molar-refractivity contribution in [1.29, 1.82) is 0 Å². The Labute approximate surface area is 135 Å². The number of aromatic nitrogens is 2. The maximum Gasteiger partial charge on any atom is 0.322 e. The van der Waals surface area contributed by atoms with E-state index in [4.69, 9.17) is 27.9 Å². The summed E-state index contributed by atoms with van der Waals surface area (Å²) in [7, 11) is 1.47. The van der Waals surface area contributed by atoms with E-state index in [9.17, 15) is 10.0 Å². The quantitative estimate of drug-likeness (QED) is 0.577. The van der Waals surface area contributed by atoms with Crippen molar-refractivity contribution in [3.8, 4) is 17.0 Å². The number of benzene rings is 2. The van der Waals surface area contributed by atoms with Gasteiger partial charge in [-0.2, -0.15) is 4.73 Å². The largest absolute Gasteiger partial charge is 0.618 e. The van der Waals surface area contributed by atoms with Crippen LogP contribution < -0.4 is 15.0 Å². The Hall–Kier alpha value is -2.24. The van der Waals surface area contributed by atoms with Gasteiger partial charge < -0.3 is 14.9 Å². The highest BCUT2D eigenvalue weighted by Gasteiger charge is 2.22. The van der Waals surface area contributed by atoms with E-state index >= 15 is 0 Å². The lowest BCUT2D eigenvalue weighted by atomic mass is 10.1. The van der Waals surface area contributed by atoms with Crippen LogP contribution in [0.5, 0.6) is 5.75 Å². The van der Waals surface area contributed by atoms with Gasteiger partial charge in [-0.05, 0) is 18.2 Å². The molecule has 22 heavy (non-hydrogen) atoms. The molecule has 0 fully saturated rings. The number of hydrogen-bond donors (Lipinski definition) is 1. The van der Waals surface area contributed by atoms with Crippen molar-refractivity contribution in [2.24, 2.45) is 0 Å². The van der Waals surface area contributed by atoms with Gasteiger partial charge in [0, 0.05) is 6.07 Å². The minimum atomic E-state index is -0.537. The minimum Gasteiger partial charge on any atom is -0.618 e. The van der Waals surface area contributed by atoms with E-state index in [-0.39, 0.29) is 21.3 Å².